The van der Waals surface area contributed by atoms with E-state index < -0.39 is 11.6 Å². The Bertz CT molecular complexity index is 952. The van der Waals surface area contributed by atoms with E-state index in [2.05, 4.69) is 20.6 Å². The van der Waals surface area contributed by atoms with Gasteiger partial charge in [-0.2, -0.15) is 4.98 Å². The van der Waals surface area contributed by atoms with Crippen LogP contribution in [0.2, 0.25) is 0 Å². The number of rotatable bonds is 5. The Hall–Kier alpha value is -3.42. The Labute approximate surface area is 147 Å². The van der Waals surface area contributed by atoms with Crippen LogP contribution in [0.25, 0.3) is 0 Å². The maximum absolute atomic E-state index is 13.3. The molecular weight excluding hydrogens is 342 g/mol. The quantitative estimate of drug-likeness (QED) is 0.724. The molecule has 2 N–H and O–H groups in total. The van der Waals surface area contributed by atoms with Crippen molar-refractivity contribution in [2.75, 3.05) is 17.4 Å². The molecule has 0 aliphatic carbocycles. The Balaban J connectivity index is 1.43. The van der Waals surface area contributed by atoms with E-state index in [1.54, 1.807) is 12.3 Å². The molecule has 0 bridgehead atoms. The minimum absolute atomic E-state index is 0.233. The second-order valence-corrected chi connectivity index (χ2v) is 5.56. The fraction of sp³-hybridized carbons (Fsp3) is 0.111. The van der Waals surface area contributed by atoms with Gasteiger partial charge in [0.1, 0.15) is 5.82 Å². The molecule has 3 aromatic rings. The first-order valence-electron chi connectivity index (χ1n) is 7.85. The van der Waals surface area contributed by atoms with Gasteiger partial charge in [0.05, 0.1) is 0 Å². The largest absolute Gasteiger partial charge is 0.454 e. The molecule has 0 radical (unpaired) electrons. The van der Waals surface area contributed by atoms with E-state index >= 15 is 0 Å². The van der Waals surface area contributed by atoms with Gasteiger partial charge >= 0.3 is 0 Å². The smallest absolute Gasteiger partial charge is 0.231 e. The number of ether oxygens (including phenoxy) is 2. The summed E-state index contributed by atoms with van der Waals surface area (Å²) in [6, 6.07) is 10.9. The van der Waals surface area contributed by atoms with E-state index in [0.29, 0.717) is 23.8 Å². The second kappa shape index (κ2) is 6.83. The number of nitrogens with zero attached hydrogens (tertiary/aromatic N) is 2. The fourth-order valence-corrected chi connectivity index (χ4v) is 2.46. The number of nitrogens with one attached hydrogen (secondary N) is 2. The summed E-state index contributed by atoms with van der Waals surface area (Å²) < 4.78 is 36.9. The first-order valence-corrected chi connectivity index (χ1v) is 7.85. The molecule has 132 valence electrons. The molecule has 2 heterocycles. The van der Waals surface area contributed by atoms with E-state index in [4.69, 9.17) is 9.47 Å². The van der Waals surface area contributed by atoms with Crippen molar-refractivity contribution in [2.24, 2.45) is 0 Å². The SMILES string of the molecule is Fc1ccc(Nc2nccc(NCc3ccc4c(c3)OCO4)n2)cc1F. The Morgan fingerprint density at radius 2 is 1.85 bits per heavy atom. The molecule has 26 heavy (non-hydrogen) atoms. The molecule has 8 heteroatoms. The molecule has 1 aliphatic rings. The van der Waals surface area contributed by atoms with Crippen LogP contribution in [0.3, 0.4) is 0 Å². The Kier molecular flexibility index (Phi) is 4.22. The van der Waals surface area contributed by atoms with Crippen LogP contribution in [0.5, 0.6) is 11.5 Å². The van der Waals surface area contributed by atoms with Crippen molar-refractivity contribution in [2.45, 2.75) is 6.54 Å². The average molecular weight is 356 g/mol. The van der Waals surface area contributed by atoms with Crippen molar-refractivity contribution in [3.8, 4) is 11.5 Å². The number of fused-ring (bicyclic) bond motifs is 1. The maximum atomic E-state index is 13.3. The van der Waals surface area contributed by atoms with Gasteiger partial charge in [0.25, 0.3) is 0 Å². The van der Waals surface area contributed by atoms with E-state index in [1.807, 2.05) is 18.2 Å². The molecule has 0 saturated carbocycles. The van der Waals surface area contributed by atoms with Gasteiger partial charge in [-0.25, -0.2) is 13.8 Å². The minimum Gasteiger partial charge on any atom is -0.454 e. The van der Waals surface area contributed by atoms with Crippen molar-refractivity contribution in [1.82, 2.24) is 9.97 Å². The lowest BCUT2D eigenvalue weighted by atomic mass is 10.2. The highest BCUT2D eigenvalue weighted by atomic mass is 19.2. The molecule has 0 spiro atoms. The van der Waals surface area contributed by atoms with Crippen molar-refractivity contribution in [1.29, 1.82) is 0 Å². The maximum Gasteiger partial charge on any atom is 0.231 e. The van der Waals surface area contributed by atoms with Crippen LogP contribution in [-0.2, 0) is 6.54 Å². The van der Waals surface area contributed by atoms with E-state index in [9.17, 15) is 8.78 Å². The summed E-state index contributed by atoms with van der Waals surface area (Å²) in [5.41, 5.74) is 1.36. The number of aromatic nitrogens is 2. The monoisotopic (exact) mass is 356 g/mol. The van der Waals surface area contributed by atoms with Crippen LogP contribution in [0.1, 0.15) is 5.56 Å². The Morgan fingerprint density at radius 1 is 0.962 bits per heavy atom. The predicted octanol–water partition coefficient (Wildman–Crippen LogP) is 3.84. The molecule has 0 fully saturated rings. The molecule has 4 rings (SSSR count). The van der Waals surface area contributed by atoms with Gasteiger partial charge in [-0.05, 0) is 35.9 Å². The summed E-state index contributed by atoms with van der Waals surface area (Å²) in [6.45, 7) is 0.759. The van der Waals surface area contributed by atoms with Crippen molar-refractivity contribution >= 4 is 17.5 Å². The van der Waals surface area contributed by atoms with Crippen LogP contribution in [-0.4, -0.2) is 16.8 Å². The van der Waals surface area contributed by atoms with Gasteiger partial charge < -0.3 is 20.1 Å². The topological polar surface area (TPSA) is 68.3 Å². The first-order chi connectivity index (χ1) is 12.7. The number of anilines is 3. The van der Waals surface area contributed by atoms with Gasteiger partial charge in [0.15, 0.2) is 23.1 Å². The number of benzene rings is 2. The van der Waals surface area contributed by atoms with Crippen LogP contribution >= 0.6 is 0 Å². The lowest BCUT2D eigenvalue weighted by Gasteiger charge is -2.09. The minimum atomic E-state index is -0.938. The first kappa shape index (κ1) is 16.1. The third-order valence-corrected chi connectivity index (χ3v) is 3.74. The molecule has 0 atom stereocenters. The van der Waals surface area contributed by atoms with E-state index in [1.165, 1.54) is 6.07 Å². The highest BCUT2D eigenvalue weighted by Gasteiger charge is 2.13. The molecule has 6 nitrogen and oxygen atoms in total. The zero-order valence-electron chi connectivity index (χ0n) is 13.5. The molecule has 0 unspecified atom stereocenters. The standard InChI is InChI=1S/C18H14F2N4O2/c19-13-3-2-12(8-14(13)20)23-18-21-6-5-17(24-18)22-9-11-1-4-15-16(7-11)26-10-25-15/h1-8H,9-10H2,(H2,21,22,23,24). The van der Waals surface area contributed by atoms with Gasteiger partial charge in [-0.3, -0.25) is 0 Å². The van der Waals surface area contributed by atoms with Crippen LogP contribution in [0, 0.1) is 11.6 Å². The fourth-order valence-electron chi connectivity index (χ4n) is 2.46. The Morgan fingerprint density at radius 3 is 2.73 bits per heavy atom. The average Bonchev–Trinajstić information content (AvgIpc) is 3.11. The van der Waals surface area contributed by atoms with Gasteiger partial charge in [-0.1, -0.05) is 6.07 Å². The molecule has 0 amide bonds. The molecular formula is C18H14F2N4O2. The zero-order valence-corrected chi connectivity index (χ0v) is 13.5. The predicted molar refractivity (Wildman–Crippen MR) is 91.6 cm³/mol. The van der Waals surface area contributed by atoms with E-state index in [-0.39, 0.29) is 12.7 Å². The summed E-state index contributed by atoms with van der Waals surface area (Å²) in [4.78, 5) is 8.38. The lowest BCUT2D eigenvalue weighted by Crippen LogP contribution is -2.04. The normalized spacial score (nSPS) is 12.1. The molecule has 1 aliphatic heterocycles. The van der Waals surface area contributed by atoms with Crippen LogP contribution in [0.4, 0.5) is 26.2 Å². The number of hydrogen-bond donors (Lipinski definition) is 2. The van der Waals surface area contributed by atoms with Crippen LogP contribution < -0.4 is 20.1 Å². The van der Waals surface area contributed by atoms with E-state index in [0.717, 1.165) is 23.4 Å². The number of halogens is 2. The lowest BCUT2D eigenvalue weighted by molar-refractivity contribution is 0.174. The summed E-state index contributed by atoms with van der Waals surface area (Å²) >= 11 is 0. The zero-order chi connectivity index (χ0) is 17.9. The van der Waals surface area contributed by atoms with Gasteiger partial charge in [0.2, 0.25) is 12.7 Å². The van der Waals surface area contributed by atoms with Crippen molar-refractivity contribution < 1.29 is 18.3 Å². The summed E-state index contributed by atoms with van der Waals surface area (Å²) in [6.07, 6.45) is 1.57. The third kappa shape index (κ3) is 3.49. The van der Waals surface area contributed by atoms with Crippen molar-refractivity contribution in [3.05, 3.63) is 65.9 Å². The molecule has 0 saturated heterocycles. The highest BCUT2D eigenvalue weighted by Crippen LogP contribution is 2.32. The molecule has 2 aromatic carbocycles. The summed E-state index contributed by atoms with van der Waals surface area (Å²) in [5.74, 6) is 0.457. The van der Waals surface area contributed by atoms with Gasteiger partial charge in [-0.15, -0.1) is 0 Å². The van der Waals surface area contributed by atoms with Crippen LogP contribution in [0.15, 0.2) is 48.7 Å². The van der Waals surface area contributed by atoms with Gasteiger partial charge in [0, 0.05) is 24.5 Å². The number of hydrogen-bond acceptors (Lipinski definition) is 6. The van der Waals surface area contributed by atoms with Crippen molar-refractivity contribution in [3.63, 3.8) is 0 Å². The summed E-state index contributed by atoms with van der Waals surface area (Å²) in [5, 5.41) is 6.02. The highest BCUT2D eigenvalue weighted by molar-refractivity contribution is 5.55. The molecule has 1 aromatic heterocycles. The third-order valence-electron chi connectivity index (χ3n) is 3.74. The summed E-state index contributed by atoms with van der Waals surface area (Å²) in [7, 11) is 0. The second-order valence-electron chi connectivity index (χ2n) is 5.56.